The summed E-state index contributed by atoms with van der Waals surface area (Å²) in [6, 6.07) is 6.40. The molecule has 34 heavy (non-hydrogen) atoms. The molecular weight excluding hydrogens is 422 g/mol. The highest BCUT2D eigenvalue weighted by Gasteiger charge is 2.28. The van der Waals surface area contributed by atoms with E-state index in [2.05, 4.69) is 64.6 Å². The molecule has 0 bridgehead atoms. The minimum absolute atomic E-state index is 0.0167. The lowest BCUT2D eigenvalue weighted by Gasteiger charge is -2.21. The van der Waals surface area contributed by atoms with Crippen LogP contribution in [0.5, 0.6) is 0 Å². The number of aromatic nitrogens is 2. The van der Waals surface area contributed by atoms with Crippen molar-refractivity contribution in [2.24, 2.45) is 10.1 Å². The first-order valence-electron chi connectivity index (χ1n) is 13.2. The van der Waals surface area contributed by atoms with E-state index >= 15 is 0 Å². The van der Waals surface area contributed by atoms with Gasteiger partial charge in [0.05, 0.1) is 17.1 Å². The summed E-state index contributed by atoms with van der Waals surface area (Å²) in [6.07, 6.45) is 7.43. The van der Waals surface area contributed by atoms with Gasteiger partial charge in [-0.3, -0.25) is 4.79 Å². The molecule has 1 aliphatic rings. The third-order valence-electron chi connectivity index (χ3n) is 6.52. The molecule has 0 atom stereocenters. The number of benzene rings is 1. The standard InChI is InChI=1S/C28H41N5O/c1-7-12-15-22-24(16-13-8-2)30-27-26(25(14-9-3)31-33(27)28(22)34)29-23-18-17-21(19-20(23)6)32(10-4)11-5/h17-19H,7-16H2,1-6H3. The molecule has 6 nitrogen and oxygen atoms in total. The van der Waals surface area contributed by atoms with Gasteiger partial charge in [0.2, 0.25) is 0 Å². The Balaban J connectivity index is 2.12. The van der Waals surface area contributed by atoms with Gasteiger partial charge in [-0.2, -0.15) is 9.78 Å². The van der Waals surface area contributed by atoms with Crippen LogP contribution >= 0.6 is 0 Å². The van der Waals surface area contributed by atoms with Crippen LogP contribution in [0.15, 0.2) is 33.1 Å². The summed E-state index contributed by atoms with van der Waals surface area (Å²) in [4.78, 5) is 25.9. The van der Waals surface area contributed by atoms with Gasteiger partial charge in [-0.05, 0) is 76.6 Å². The molecule has 0 radical (unpaired) electrons. The maximum absolute atomic E-state index is 13.5. The second-order valence-electron chi connectivity index (χ2n) is 9.08. The maximum Gasteiger partial charge on any atom is 0.277 e. The van der Waals surface area contributed by atoms with E-state index in [-0.39, 0.29) is 5.56 Å². The molecule has 0 aliphatic carbocycles. The molecule has 0 saturated heterocycles. The first kappa shape index (κ1) is 25.9. The number of aliphatic imine (C=N–C) groups is 1. The van der Waals surface area contributed by atoms with Gasteiger partial charge >= 0.3 is 0 Å². The van der Waals surface area contributed by atoms with Crippen LogP contribution in [0.25, 0.3) is 0 Å². The average Bonchev–Trinajstić information content (AvgIpc) is 3.17. The molecule has 0 saturated carbocycles. The van der Waals surface area contributed by atoms with Crippen molar-refractivity contribution in [3.05, 3.63) is 51.2 Å². The van der Waals surface area contributed by atoms with E-state index in [1.165, 1.54) is 10.4 Å². The summed E-state index contributed by atoms with van der Waals surface area (Å²) in [6.45, 7) is 14.8. The summed E-state index contributed by atoms with van der Waals surface area (Å²) in [5.74, 6) is 0.604. The quantitative estimate of drug-likeness (QED) is 0.375. The Morgan fingerprint density at radius 3 is 2.26 bits per heavy atom. The normalized spacial score (nSPS) is 13.9. The highest BCUT2D eigenvalue weighted by molar-refractivity contribution is 6.49. The molecule has 0 fully saturated rings. The van der Waals surface area contributed by atoms with E-state index in [9.17, 15) is 4.79 Å². The number of anilines is 1. The fourth-order valence-corrected chi connectivity index (χ4v) is 4.48. The third kappa shape index (κ3) is 5.48. The summed E-state index contributed by atoms with van der Waals surface area (Å²) >= 11 is 0. The monoisotopic (exact) mass is 463 g/mol. The van der Waals surface area contributed by atoms with Crippen LogP contribution in [-0.4, -0.2) is 34.2 Å². The lowest BCUT2D eigenvalue weighted by atomic mass is 10.0. The largest absolute Gasteiger partial charge is 0.372 e. The Hall–Kier alpha value is -2.76. The molecule has 1 aromatic carbocycles. The SMILES string of the molecule is CCCCc1nc2n(c(=O)c1CCCC)N=C(CCC)C2=Nc1ccc(N(CC)CC)cc1C. The Kier molecular flexibility index (Phi) is 9.20. The van der Waals surface area contributed by atoms with Gasteiger partial charge in [0.15, 0.2) is 5.82 Å². The van der Waals surface area contributed by atoms with E-state index in [0.717, 1.165) is 98.4 Å². The minimum Gasteiger partial charge on any atom is -0.372 e. The second kappa shape index (κ2) is 12.1. The number of fused-ring (bicyclic) bond motifs is 1. The van der Waals surface area contributed by atoms with Crippen LogP contribution in [0, 0.1) is 6.92 Å². The highest BCUT2D eigenvalue weighted by atomic mass is 16.1. The Morgan fingerprint density at radius 2 is 1.65 bits per heavy atom. The second-order valence-corrected chi connectivity index (χ2v) is 9.08. The van der Waals surface area contributed by atoms with Gasteiger partial charge in [0.1, 0.15) is 5.71 Å². The number of hydrogen-bond donors (Lipinski definition) is 0. The topological polar surface area (TPSA) is 62.9 Å². The van der Waals surface area contributed by atoms with E-state index in [4.69, 9.17) is 15.1 Å². The van der Waals surface area contributed by atoms with Crippen LogP contribution in [-0.2, 0) is 12.8 Å². The van der Waals surface area contributed by atoms with Crippen LogP contribution in [0.3, 0.4) is 0 Å². The predicted octanol–water partition coefficient (Wildman–Crippen LogP) is 6.22. The first-order valence-corrected chi connectivity index (χ1v) is 13.2. The molecule has 6 heteroatoms. The van der Waals surface area contributed by atoms with Gasteiger partial charge in [0, 0.05) is 24.3 Å². The van der Waals surface area contributed by atoms with Crippen LogP contribution in [0.4, 0.5) is 11.4 Å². The van der Waals surface area contributed by atoms with E-state index in [1.54, 1.807) is 0 Å². The van der Waals surface area contributed by atoms with Crippen molar-refractivity contribution in [2.75, 3.05) is 18.0 Å². The van der Waals surface area contributed by atoms with Crippen LogP contribution < -0.4 is 10.5 Å². The number of nitrogens with zero attached hydrogens (tertiary/aromatic N) is 5. The molecule has 184 valence electrons. The van der Waals surface area contributed by atoms with Gasteiger partial charge in [-0.1, -0.05) is 40.0 Å². The molecule has 0 unspecified atom stereocenters. The van der Waals surface area contributed by atoms with Crippen LogP contribution in [0.1, 0.15) is 95.8 Å². The summed E-state index contributed by atoms with van der Waals surface area (Å²) in [5.41, 5.74) is 6.57. The summed E-state index contributed by atoms with van der Waals surface area (Å²) in [5, 5.41) is 4.73. The molecule has 2 heterocycles. The fourth-order valence-electron chi connectivity index (χ4n) is 4.48. The molecule has 1 aromatic heterocycles. The van der Waals surface area contributed by atoms with E-state index in [1.807, 2.05) is 0 Å². The van der Waals surface area contributed by atoms with Gasteiger partial charge in [-0.25, -0.2) is 9.98 Å². The zero-order valence-electron chi connectivity index (χ0n) is 21.9. The Bertz CT molecular complexity index is 1110. The van der Waals surface area contributed by atoms with E-state index in [0.29, 0.717) is 5.82 Å². The van der Waals surface area contributed by atoms with Gasteiger partial charge in [-0.15, -0.1) is 0 Å². The molecular formula is C28H41N5O. The fraction of sp³-hybridized carbons (Fsp3) is 0.571. The molecule has 0 N–H and O–H groups in total. The summed E-state index contributed by atoms with van der Waals surface area (Å²) < 4.78 is 1.52. The molecule has 0 spiro atoms. The Labute approximate surface area is 204 Å². The third-order valence-corrected chi connectivity index (χ3v) is 6.52. The average molecular weight is 464 g/mol. The minimum atomic E-state index is -0.0167. The number of hydrogen-bond acceptors (Lipinski definition) is 5. The lowest BCUT2D eigenvalue weighted by Crippen LogP contribution is -2.27. The van der Waals surface area contributed by atoms with Crippen molar-refractivity contribution in [3.8, 4) is 0 Å². The van der Waals surface area contributed by atoms with Crippen molar-refractivity contribution in [3.63, 3.8) is 0 Å². The van der Waals surface area contributed by atoms with Crippen LogP contribution in [0.2, 0.25) is 0 Å². The lowest BCUT2D eigenvalue weighted by molar-refractivity contribution is 0.691. The number of rotatable bonds is 12. The van der Waals surface area contributed by atoms with Crippen molar-refractivity contribution in [2.45, 2.75) is 92.9 Å². The maximum atomic E-state index is 13.5. The highest BCUT2D eigenvalue weighted by Crippen LogP contribution is 2.27. The van der Waals surface area contributed by atoms with E-state index < -0.39 is 0 Å². The number of unbranched alkanes of at least 4 members (excludes halogenated alkanes) is 2. The summed E-state index contributed by atoms with van der Waals surface area (Å²) in [7, 11) is 0. The molecule has 2 aromatic rings. The van der Waals surface area contributed by atoms with Crippen molar-refractivity contribution < 1.29 is 0 Å². The zero-order chi connectivity index (χ0) is 24.7. The molecule has 3 rings (SSSR count). The molecule has 1 aliphatic heterocycles. The smallest absolute Gasteiger partial charge is 0.277 e. The van der Waals surface area contributed by atoms with Crippen molar-refractivity contribution in [1.82, 2.24) is 9.66 Å². The number of aryl methyl sites for hydroxylation is 2. The molecule has 0 amide bonds. The zero-order valence-corrected chi connectivity index (χ0v) is 21.9. The van der Waals surface area contributed by atoms with Crippen molar-refractivity contribution >= 4 is 22.8 Å². The Morgan fingerprint density at radius 1 is 0.941 bits per heavy atom. The van der Waals surface area contributed by atoms with Gasteiger partial charge < -0.3 is 4.90 Å². The van der Waals surface area contributed by atoms with Gasteiger partial charge in [0.25, 0.3) is 5.56 Å². The first-order chi connectivity index (χ1) is 16.5. The predicted molar refractivity (Wildman–Crippen MR) is 144 cm³/mol. The van der Waals surface area contributed by atoms with Crippen molar-refractivity contribution in [1.29, 1.82) is 0 Å².